The number of anilines is 1. The minimum Gasteiger partial charge on any atom is -0.478 e. The molecule has 0 fully saturated rings. The van der Waals surface area contributed by atoms with E-state index in [-0.39, 0.29) is 5.56 Å². The Hall–Kier alpha value is -1.88. The summed E-state index contributed by atoms with van der Waals surface area (Å²) in [6, 6.07) is 5.96. The van der Waals surface area contributed by atoms with Crippen LogP contribution in [0.3, 0.4) is 0 Å². The number of carbonyl (C=O) groups is 1. The maximum atomic E-state index is 11.3. The Morgan fingerprint density at radius 2 is 2.05 bits per heavy atom. The van der Waals surface area contributed by atoms with E-state index in [1.807, 2.05) is 6.92 Å². The van der Waals surface area contributed by atoms with Crippen molar-refractivity contribution in [2.24, 2.45) is 0 Å². The quantitative estimate of drug-likeness (QED) is 0.882. The van der Waals surface area contributed by atoms with Crippen molar-refractivity contribution >= 4 is 23.1 Å². The highest BCUT2D eigenvalue weighted by Crippen LogP contribution is 2.22. The zero-order valence-corrected chi connectivity index (χ0v) is 12.7. The molecule has 0 spiro atoms. The van der Waals surface area contributed by atoms with Gasteiger partial charge in [-0.2, -0.15) is 0 Å². The average Bonchev–Trinajstić information content (AvgIpc) is 2.82. The first kappa shape index (κ1) is 14.5. The van der Waals surface area contributed by atoms with Gasteiger partial charge in [0.25, 0.3) is 0 Å². The van der Waals surface area contributed by atoms with E-state index in [4.69, 9.17) is 0 Å². The van der Waals surface area contributed by atoms with Crippen LogP contribution in [0.5, 0.6) is 0 Å². The summed E-state index contributed by atoms with van der Waals surface area (Å²) >= 11 is 1.74. The Morgan fingerprint density at radius 3 is 2.65 bits per heavy atom. The van der Waals surface area contributed by atoms with Gasteiger partial charge in [-0.05, 0) is 44.0 Å². The minimum absolute atomic E-state index is 0.253. The fourth-order valence-corrected chi connectivity index (χ4v) is 3.01. The standard InChI is InChI=1S/C15H18N2O2S/c1-4-11-5-6-12(20-11)8-16-14-13(15(18)19)9(2)7-10(3)17-14/h5-7H,4,8H2,1-3H3,(H,16,17)(H,18,19). The summed E-state index contributed by atoms with van der Waals surface area (Å²) in [5.74, 6) is -0.501. The molecular formula is C15H18N2O2S. The van der Waals surface area contributed by atoms with Crippen molar-refractivity contribution in [3.05, 3.63) is 44.8 Å². The highest BCUT2D eigenvalue weighted by Gasteiger charge is 2.15. The maximum Gasteiger partial charge on any atom is 0.339 e. The summed E-state index contributed by atoms with van der Waals surface area (Å²) in [6.07, 6.45) is 1.02. The third kappa shape index (κ3) is 3.17. The number of pyridine rings is 1. The number of carboxylic acid groups (broad SMARTS) is 1. The van der Waals surface area contributed by atoms with Crippen molar-refractivity contribution in [3.63, 3.8) is 0 Å². The normalized spacial score (nSPS) is 10.6. The Morgan fingerprint density at radius 1 is 1.35 bits per heavy atom. The van der Waals surface area contributed by atoms with Crippen molar-refractivity contribution < 1.29 is 9.90 Å². The van der Waals surface area contributed by atoms with Crippen LogP contribution in [-0.4, -0.2) is 16.1 Å². The van der Waals surface area contributed by atoms with Gasteiger partial charge in [0, 0.05) is 15.4 Å². The third-order valence-corrected chi connectivity index (χ3v) is 4.28. The molecule has 0 aromatic carbocycles. The molecule has 106 valence electrons. The molecule has 2 N–H and O–H groups in total. The zero-order valence-electron chi connectivity index (χ0n) is 11.9. The van der Waals surface area contributed by atoms with Crippen LogP contribution in [0.15, 0.2) is 18.2 Å². The van der Waals surface area contributed by atoms with E-state index in [1.165, 1.54) is 9.75 Å². The van der Waals surface area contributed by atoms with Crippen molar-refractivity contribution in [3.8, 4) is 0 Å². The van der Waals surface area contributed by atoms with Crippen molar-refractivity contribution in [2.45, 2.75) is 33.7 Å². The molecule has 5 heteroatoms. The van der Waals surface area contributed by atoms with Crippen molar-refractivity contribution in [1.82, 2.24) is 4.98 Å². The third-order valence-electron chi connectivity index (χ3n) is 3.05. The van der Waals surface area contributed by atoms with E-state index >= 15 is 0 Å². The van der Waals surface area contributed by atoms with Crippen LogP contribution in [-0.2, 0) is 13.0 Å². The molecule has 0 bridgehead atoms. The SMILES string of the molecule is CCc1ccc(CNc2nc(C)cc(C)c2C(=O)O)s1. The van der Waals surface area contributed by atoms with Gasteiger partial charge in [0.05, 0.1) is 6.54 Å². The summed E-state index contributed by atoms with van der Waals surface area (Å²) in [4.78, 5) is 18.2. The Bertz CT molecular complexity index is 635. The van der Waals surface area contributed by atoms with Crippen LogP contribution in [0.2, 0.25) is 0 Å². The lowest BCUT2D eigenvalue weighted by molar-refractivity contribution is 0.0697. The van der Waals surface area contributed by atoms with Gasteiger partial charge in [-0.3, -0.25) is 0 Å². The first-order chi connectivity index (χ1) is 9.51. The molecule has 0 aliphatic rings. The number of nitrogens with one attached hydrogen (secondary N) is 1. The van der Waals surface area contributed by atoms with Crippen LogP contribution in [0, 0.1) is 13.8 Å². The lowest BCUT2D eigenvalue weighted by Crippen LogP contribution is -2.10. The second-order valence-electron chi connectivity index (χ2n) is 4.68. The molecular weight excluding hydrogens is 272 g/mol. The van der Waals surface area contributed by atoms with E-state index in [0.717, 1.165) is 17.7 Å². The van der Waals surface area contributed by atoms with Crippen LogP contribution in [0.1, 0.15) is 38.3 Å². The van der Waals surface area contributed by atoms with E-state index < -0.39 is 5.97 Å². The van der Waals surface area contributed by atoms with Gasteiger partial charge in [-0.1, -0.05) is 6.92 Å². The monoisotopic (exact) mass is 290 g/mol. The summed E-state index contributed by atoms with van der Waals surface area (Å²) in [6.45, 7) is 6.38. The van der Waals surface area contributed by atoms with Crippen LogP contribution in [0.4, 0.5) is 5.82 Å². The van der Waals surface area contributed by atoms with Gasteiger partial charge < -0.3 is 10.4 Å². The number of aromatic carboxylic acids is 1. The molecule has 0 atom stereocenters. The fraction of sp³-hybridized carbons (Fsp3) is 0.333. The Balaban J connectivity index is 2.22. The predicted molar refractivity (Wildman–Crippen MR) is 81.7 cm³/mol. The zero-order chi connectivity index (χ0) is 14.7. The Kier molecular flexibility index (Phi) is 4.39. The molecule has 0 saturated carbocycles. The summed E-state index contributed by atoms with van der Waals surface area (Å²) in [5.41, 5.74) is 1.80. The fourth-order valence-electron chi connectivity index (χ4n) is 2.11. The van der Waals surface area contributed by atoms with E-state index in [2.05, 4.69) is 29.4 Å². The first-order valence-corrected chi connectivity index (χ1v) is 7.36. The molecule has 0 radical (unpaired) electrons. The first-order valence-electron chi connectivity index (χ1n) is 6.54. The predicted octanol–water partition coefficient (Wildman–Crippen LogP) is 3.63. The topological polar surface area (TPSA) is 62.2 Å². The van der Waals surface area contributed by atoms with Crippen LogP contribution >= 0.6 is 11.3 Å². The average molecular weight is 290 g/mol. The lowest BCUT2D eigenvalue weighted by atomic mass is 10.1. The number of hydrogen-bond donors (Lipinski definition) is 2. The van der Waals surface area contributed by atoms with Crippen molar-refractivity contribution in [2.75, 3.05) is 5.32 Å². The number of nitrogens with zero attached hydrogens (tertiary/aromatic N) is 1. The van der Waals surface area contributed by atoms with E-state index in [1.54, 1.807) is 24.3 Å². The number of hydrogen-bond acceptors (Lipinski definition) is 4. The number of aromatic nitrogens is 1. The van der Waals surface area contributed by atoms with Gasteiger partial charge in [0.2, 0.25) is 0 Å². The maximum absolute atomic E-state index is 11.3. The van der Waals surface area contributed by atoms with E-state index in [9.17, 15) is 9.90 Å². The molecule has 20 heavy (non-hydrogen) atoms. The summed E-state index contributed by atoms with van der Waals surface area (Å²) < 4.78 is 0. The highest BCUT2D eigenvalue weighted by atomic mass is 32.1. The molecule has 2 aromatic heterocycles. The molecule has 0 unspecified atom stereocenters. The van der Waals surface area contributed by atoms with Gasteiger partial charge in [-0.25, -0.2) is 9.78 Å². The minimum atomic E-state index is -0.946. The second-order valence-corrected chi connectivity index (χ2v) is 5.94. The molecule has 0 saturated heterocycles. The van der Waals surface area contributed by atoms with Crippen molar-refractivity contribution in [1.29, 1.82) is 0 Å². The molecule has 2 aromatic rings. The Labute approximate surface area is 122 Å². The number of aryl methyl sites for hydroxylation is 3. The summed E-state index contributed by atoms with van der Waals surface area (Å²) in [5, 5.41) is 12.4. The lowest BCUT2D eigenvalue weighted by Gasteiger charge is -2.11. The highest BCUT2D eigenvalue weighted by molar-refractivity contribution is 7.12. The number of carboxylic acids is 1. The van der Waals surface area contributed by atoms with Gasteiger partial charge >= 0.3 is 5.97 Å². The molecule has 4 nitrogen and oxygen atoms in total. The molecule has 2 rings (SSSR count). The largest absolute Gasteiger partial charge is 0.478 e. The number of thiophene rings is 1. The van der Waals surface area contributed by atoms with Gasteiger partial charge in [0.1, 0.15) is 11.4 Å². The van der Waals surface area contributed by atoms with E-state index in [0.29, 0.717) is 12.4 Å². The molecule has 0 amide bonds. The second kappa shape index (κ2) is 6.05. The smallest absolute Gasteiger partial charge is 0.339 e. The summed E-state index contributed by atoms with van der Waals surface area (Å²) in [7, 11) is 0. The van der Waals surface area contributed by atoms with Gasteiger partial charge in [0.15, 0.2) is 0 Å². The van der Waals surface area contributed by atoms with Gasteiger partial charge in [-0.15, -0.1) is 11.3 Å². The van der Waals surface area contributed by atoms with Crippen LogP contribution < -0.4 is 5.32 Å². The molecule has 0 aliphatic heterocycles. The number of rotatable bonds is 5. The molecule has 2 heterocycles. The van der Waals surface area contributed by atoms with Crippen LogP contribution in [0.25, 0.3) is 0 Å². The molecule has 0 aliphatic carbocycles.